The second-order valence-electron chi connectivity index (χ2n) is 6.85. The minimum absolute atomic E-state index is 0.0613. The number of benzene rings is 3. The second kappa shape index (κ2) is 6.13. The van der Waals surface area contributed by atoms with Gasteiger partial charge in [-0.2, -0.15) is 0 Å². The Bertz CT molecular complexity index is 1270. The highest BCUT2D eigenvalue weighted by molar-refractivity contribution is 6.17. The van der Waals surface area contributed by atoms with E-state index in [1.807, 2.05) is 42.1 Å². The van der Waals surface area contributed by atoms with Gasteiger partial charge in [-0.05, 0) is 35.4 Å². The number of phenols is 1. The van der Waals surface area contributed by atoms with E-state index in [0.29, 0.717) is 5.75 Å². The first-order chi connectivity index (χ1) is 13.6. The number of aryl methyl sites for hydroxylation is 1. The number of Topliss-reactive ketones (excluding diaryl/α,β-unsaturated/α-hetero) is 1. The van der Waals surface area contributed by atoms with Crippen molar-refractivity contribution in [2.45, 2.75) is 0 Å². The summed E-state index contributed by atoms with van der Waals surface area (Å²) >= 11 is 0. The van der Waals surface area contributed by atoms with E-state index in [1.54, 1.807) is 18.2 Å². The molecule has 3 aromatic carbocycles. The molecule has 136 valence electrons. The molecule has 1 aliphatic rings. The summed E-state index contributed by atoms with van der Waals surface area (Å²) in [6.45, 7) is 0. The molecule has 0 saturated heterocycles. The van der Waals surface area contributed by atoms with Crippen LogP contribution in [0, 0.1) is 0 Å². The predicted molar refractivity (Wildman–Crippen MR) is 109 cm³/mol. The number of allylic oxidation sites excluding steroid dienone is 1. The maximum Gasteiger partial charge on any atom is 0.235 e. The molecule has 0 radical (unpaired) electrons. The van der Waals surface area contributed by atoms with Crippen LogP contribution in [-0.2, 0) is 7.05 Å². The van der Waals surface area contributed by atoms with Crippen LogP contribution in [0.2, 0.25) is 0 Å². The average molecular weight is 367 g/mol. The van der Waals surface area contributed by atoms with Crippen LogP contribution >= 0.6 is 0 Å². The van der Waals surface area contributed by atoms with Gasteiger partial charge in [-0.1, -0.05) is 48.5 Å². The van der Waals surface area contributed by atoms with Gasteiger partial charge in [-0.3, -0.25) is 4.79 Å². The Balaban J connectivity index is 1.70. The van der Waals surface area contributed by atoms with Gasteiger partial charge in [-0.25, -0.2) is 0 Å². The van der Waals surface area contributed by atoms with E-state index in [-0.39, 0.29) is 22.9 Å². The Hall–Kier alpha value is -3.79. The third-order valence-electron chi connectivity index (χ3n) is 5.09. The fourth-order valence-electron chi connectivity index (χ4n) is 3.80. The number of rotatable bonds is 2. The SMILES string of the molecule is Cn1cc(/C=C2\Oc3cccc(O)c3C2=O)c2c(-c3ccccc3)cccc21. The van der Waals surface area contributed by atoms with Crippen molar-refractivity contribution in [2.24, 2.45) is 7.05 Å². The topological polar surface area (TPSA) is 51.5 Å². The van der Waals surface area contributed by atoms with Crippen LogP contribution in [0.25, 0.3) is 28.1 Å². The zero-order valence-electron chi connectivity index (χ0n) is 15.2. The molecule has 0 atom stereocenters. The van der Waals surface area contributed by atoms with Crippen LogP contribution in [0.1, 0.15) is 15.9 Å². The number of phenolic OH excluding ortho intramolecular Hbond substituents is 1. The summed E-state index contributed by atoms with van der Waals surface area (Å²) in [7, 11) is 1.98. The summed E-state index contributed by atoms with van der Waals surface area (Å²) in [5, 5.41) is 11.1. The lowest BCUT2D eigenvalue weighted by Crippen LogP contribution is -1.98. The number of nitrogens with zero attached hydrogens (tertiary/aromatic N) is 1. The number of fused-ring (bicyclic) bond motifs is 2. The van der Waals surface area contributed by atoms with E-state index in [9.17, 15) is 9.90 Å². The van der Waals surface area contributed by atoms with E-state index >= 15 is 0 Å². The summed E-state index contributed by atoms with van der Waals surface area (Å²) in [6, 6.07) is 21.2. The summed E-state index contributed by atoms with van der Waals surface area (Å²) in [6.07, 6.45) is 3.75. The molecule has 0 unspecified atom stereocenters. The fraction of sp³-hybridized carbons (Fsp3) is 0.0417. The molecule has 4 heteroatoms. The molecular formula is C24H17NO3. The highest BCUT2D eigenvalue weighted by Gasteiger charge is 2.30. The van der Waals surface area contributed by atoms with Crippen LogP contribution in [-0.4, -0.2) is 15.5 Å². The van der Waals surface area contributed by atoms with Crippen molar-refractivity contribution in [3.63, 3.8) is 0 Å². The van der Waals surface area contributed by atoms with Crippen LogP contribution in [0.3, 0.4) is 0 Å². The molecule has 4 aromatic rings. The highest BCUT2D eigenvalue weighted by atomic mass is 16.5. The number of aromatic nitrogens is 1. The van der Waals surface area contributed by atoms with Gasteiger partial charge < -0.3 is 14.4 Å². The maximum atomic E-state index is 12.8. The molecular weight excluding hydrogens is 350 g/mol. The number of hydrogen-bond donors (Lipinski definition) is 1. The maximum absolute atomic E-state index is 12.8. The van der Waals surface area contributed by atoms with E-state index in [0.717, 1.165) is 27.6 Å². The number of ketones is 1. The average Bonchev–Trinajstić information content (AvgIpc) is 3.21. The van der Waals surface area contributed by atoms with Gasteiger partial charge in [0.05, 0.1) is 0 Å². The van der Waals surface area contributed by atoms with Gasteiger partial charge in [0.25, 0.3) is 0 Å². The standard InChI is InChI=1S/C24H17NO3/c1-25-14-16(13-21-24(27)23-19(26)11-6-12-20(23)28-21)22-17(9-5-10-18(22)25)15-7-3-2-4-8-15/h2-14,26H,1H3/b21-13-. The van der Waals surface area contributed by atoms with Crippen molar-refractivity contribution < 1.29 is 14.6 Å². The predicted octanol–water partition coefficient (Wildman–Crippen LogP) is 5.17. The lowest BCUT2D eigenvalue weighted by molar-refractivity contribution is 0.101. The van der Waals surface area contributed by atoms with Gasteiger partial charge >= 0.3 is 0 Å². The Labute approximate surface area is 161 Å². The van der Waals surface area contributed by atoms with Gasteiger partial charge in [0.2, 0.25) is 5.78 Å². The minimum Gasteiger partial charge on any atom is -0.507 e. The van der Waals surface area contributed by atoms with E-state index < -0.39 is 0 Å². The summed E-state index contributed by atoms with van der Waals surface area (Å²) in [4.78, 5) is 12.8. The number of aromatic hydroxyl groups is 1. The summed E-state index contributed by atoms with van der Waals surface area (Å²) in [5.41, 5.74) is 4.39. The van der Waals surface area contributed by atoms with Gasteiger partial charge in [0.15, 0.2) is 5.76 Å². The van der Waals surface area contributed by atoms with Crippen molar-refractivity contribution in [3.8, 4) is 22.6 Å². The highest BCUT2D eigenvalue weighted by Crippen LogP contribution is 2.39. The smallest absolute Gasteiger partial charge is 0.235 e. The van der Waals surface area contributed by atoms with E-state index in [2.05, 4.69) is 24.3 Å². The zero-order chi connectivity index (χ0) is 19.3. The lowest BCUT2D eigenvalue weighted by atomic mass is 9.98. The number of ether oxygens (including phenoxy) is 1. The first-order valence-corrected chi connectivity index (χ1v) is 9.03. The molecule has 5 rings (SSSR count). The first-order valence-electron chi connectivity index (χ1n) is 9.03. The van der Waals surface area contributed by atoms with Crippen molar-refractivity contribution in [1.29, 1.82) is 0 Å². The van der Waals surface area contributed by atoms with Gasteiger partial charge in [0.1, 0.15) is 17.1 Å². The van der Waals surface area contributed by atoms with Crippen LogP contribution in [0.15, 0.2) is 78.7 Å². The van der Waals surface area contributed by atoms with Crippen molar-refractivity contribution >= 4 is 22.8 Å². The molecule has 4 nitrogen and oxygen atoms in total. The van der Waals surface area contributed by atoms with Gasteiger partial charge in [0, 0.05) is 29.7 Å². The Kier molecular flexibility index (Phi) is 3.59. The molecule has 2 heterocycles. The molecule has 28 heavy (non-hydrogen) atoms. The number of carbonyl (C=O) groups excluding carboxylic acids is 1. The monoisotopic (exact) mass is 367 g/mol. The summed E-state index contributed by atoms with van der Waals surface area (Å²) in [5.74, 6) is 0.239. The molecule has 0 saturated carbocycles. The largest absolute Gasteiger partial charge is 0.507 e. The molecule has 0 spiro atoms. The van der Waals surface area contributed by atoms with Gasteiger partial charge in [-0.15, -0.1) is 0 Å². The first kappa shape index (κ1) is 16.4. The van der Waals surface area contributed by atoms with Crippen molar-refractivity contribution in [3.05, 3.63) is 89.8 Å². The summed E-state index contributed by atoms with van der Waals surface area (Å²) < 4.78 is 7.79. The molecule has 0 fully saturated rings. The molecule has 0 amide bonds. The van der Waals surface area contributed by atoms with Crippen LogP contribution < -0.4 is 4.74 Å². The molecule has 1 N–H and O–H groups in total. The molecule has 0 bridgehead atoms. The van der Waals surface area contributed by atoms with E-state index in [4.69, 9.17) is 4.74 Å². The molecule has 0 aliphatic carbocycles. The van der Waals surface area contributed by atoms with Crippen molar-refractivity contribution in [2.75, 3.05) is 0 Å². The Morgan fingerprint density at radius 3 is 2.54 bits per heavy atom. The Morgan fingerprint density at radius 1 is 0.964 bits per heavy atom. The lowest BCUT2D eigenvalue weighted by Gasteiger charge is -2.06. The van der Waals surface area contributed by atoms with Crippen LogP contribution in [0.4, 0.5) is 0 Å². The third-order valence-corrected chi connectivity index (χ3v) is 5.09. The van der Waals surface area contributed by atoms with E-state index in [1.165, 1.54) is 6.07 Å². The third kappa shape index (κ3) is 2.42. The minimum atomic E-state index is -0.303. The Morgan fingerprint density at radius 2 is 1.75 bits per heavy atom. The second-order valence-corrected chi connectivity index (χ2v) is 6.85. The number of hydrogen-bond acceptors (Lipinski definition) is 3. The quantitative estimate of drug-likeness (QED) is 0.498. The van der Waals surface area contributed by atoms with Crippen molar-refractivity contribution in [1.82, 2.24) is 4.57 Å². The number of carbonyl (C=O) groups is 1. The van der Waals surface area contributed by atoms with Crippen LogP contribution in [0.5, 0.6) is 11.5 Å². The molecule has 1 aromatic heterocycles. The zero-order valence-corrected chi connectivity index (χ0v) is 15.2. The molecule has 1 aliphatic heterocycles. The fourth-order valence-corrected chi connectivity index (χ4v) is 3.80. The normalized spacial score (nSPS) is 14.5.